The largest absolute Gasteiger partial charge is 0.384 e. The average Bonchev–Trinajstić information content (AvgIpc) is 2.64. The van der Waals surface area contributed by atoms with E-state index in [-0.39, 0.29) is 0 Å². The zero-order valence-electron chi connectivity index (χ0n) is 11.6. The number of nitrogens with zero attached hydrogens (tertiary/aromatic N) is 1. The van der Waals surface area contributed by atoms with Crippen LogP contribution in [0.1, 0.15) is 51.0 Å². The van der Waals surface area contributed by atoms with Gasteiger partial charge >= 0.3 is 0 Å². The summed E-state index contributed by atoms with van der Waals surface area (Å²) in [5.74, 6) is 0. The third kappa shape index (κ3) is 2.74. The van der Waals surface area contributed by atoms with E-state index < -0.39 is 11.0 Å². The summed E-state index contributed by atoms with van der Waals surface area (Å²) in [4.78, 5) is 0. The van der Waals surface area contributed by atoms with Gasteiger partial charge in [-0.1, -0.05) is 59.3 Å². The third-order valence-corrected chi connectivity index (χ3v) is 5.36. The van der Waals surface area contributed by atoms with Crippen molar-refractivity contribution >= 4 is 27.5 Å². The molecule has 0 heterocycles. The highest BCUT2D eigenvalue weighted by Gasteiger charge is 2.49. The van der Waals surface area contributed by atoms with Crippen molar-refractivity contribution in [3.05, 3.63) is 33.3 Å². The fourth-order valence-corrected chi connectivity index (χ4v) is 4.04. The average molecular weight is 357 g/mol. The fourth-order valence-electron chi connectivity index (χ4n) is 3.18. The minimum atomic E-state index is -1.23. The van der Waals surface area contributed by atoms with Gasteiger partial charge in [0.25, 0.3) is 0 Å². The van der Waals surface area contributed by atoms with Gasteiger partial charge < -0.3 is 5.11 Å². The first-order chi connectivity index (χ1) is 9.43. The Kier molecular flexibility index (Phi) is 4.79. The second-order valence-corrected chi connectivity index (χ2v) is 7.13. The lowest BCUT2D eigenvalue weighted by molar-refractivity contribution is -0.0532. The summed E-state index contributed by atoms with van der Waals surface area (Å²) in [6, 6.07) is 7.86. The van der Waals surface area contributed by atoms with Crippen molar-refractivity contribution in [3.63, 3.8) is 0 Å². The Morgan fingerprint density at radius 2 is 1.90 bits per heavy atom. The summed E-state index contributed by atoms with van der Waals surface area (Å²) in [5.41, 5.74) is -1.34. The van der Waals surface area contributed by atoms with Crippen molar-refractivity contribution in [2.24, 2.45) is 5.41 Å². The molecule has 2 rings (SSSR count). The second kappa shape index (κ2) is 6.05. The van der Waals surface area contributed by atoms with E-state index in [0.717, 1.165) is 43.0 Å². The molecule has 0 radical (unpaired) electrons. The molecule has 1 aromatic carbocycles. The normalized spacial score (nSPS) is 21.6. The van der Waals surface area contributed by atoms with Crippen molar-refractivity contribution in [2.45, 2.75) is 51.0 Å². The van der Waals surface area contributed by atoms with Crippen molar-refractivity contribution in [1.29, 1.82) is 5.26 Å². The van der Waals surface area contributed by atoms with E-state index in [1.54, 1.807) is 13.0 Å². The topological polar surface area (TPSA) is 44.0 Å². The molecule has 0 spiro atoms. The highest BCUT2D eigenvalue weighted by molar-refractivity contribution is 9.10. The molecule has 1 fully saturated rings. The van der Waals surface area contributed by atoms with E-state index >= 15 is 0 Å². The molecule has 1 atom stereocenters. The van der Waals surface area contributed by atoms with Crippen LogP contribution in [0.4, 0.5) is 0 Å². The molecule has 1 aliphatic carbocycles. The van der Waals surface area contributed by atoms with Gasteiger partial charge in [0, 0.05) is 15.1 Å². The summed E-state index contributed by atoms with van der Waals surface area (Å²) in [6.45, 7) is 1.73. The van der Waals surface area contributed by atoms with Crippen molar-refractivity contribution in [1.82, 2.24) is 0 Å². The minimum absolute atomic E-state index is 0.503. The first kappa shape index (κ1) is 15.8. The Labute approximate surface area is 133 Å². The summed E-state index contributed by atoms with van der Waals surface area (Å²) in [5, 5.41) is 21.4. The summed E-state index contributed by atoms with van der Waals surface area (Å²) in [7, 11) is 0. The lowest BCUT2D eigenvalue weighted by atomic mass is 9.66. The Bertz CT molecular complexity index is 528. The molecule has 1 saturated carbocycles. The number of hydrogen-bond acceptors (Lipinski definition) is 2. The summed E-state index contributed by atoms with van der Waals surface area (Å²) in [6.07, 6.45) is 5.68. The number of nitriles is 1. The molecule has 1 aromatic rings. The van der Waals surface area contributed by atoms with Gasteiger partial charge in [-0.05, 0) is 31.9 Å². The molecular weight excluding hydrogens is 338 g/mol. The molecule has 1 unspecified atom stereocenters. The molecule has 4 heteroatoms. The zero-order valence-corrected chi connectivity index (χ0v) is 14.0. The maximum Gasteiger partial charge on any atom is 0.107 e. The summed E-state index contributed by atoms with van der Waals surface area (Å²) >= 11 is 9.66. The SMILES string of the molecule is CC(O)(c1ccc(Br)cc1Cl)C1(C#N)CCCCCC1. The minimum Gasteiger partial charge on any atom is -0.384 e. The van der Waals surface area contributed by atoms with Gasteiger partial charge in [0.2, 0.25) is 0 Å². The maximum absolute atomic E-state index is 11.1. The fraction of sp³-hybridized carbons (Fsp3) is 0.562. The first-order valence-corrected chi connectivity index (χ1v) is 8.19. The molecule has 0 aliphatic heterocycles. The van der Waals surface area contributed by atoms with E-state index in [2.05, 4.69) is 22.0 Å². The second-order valence-electron chi connectivity index (χ2n) is 5.80. The van der Waals surface area contributed by atoms with Crippen LogP contribution < -0.4 is 0 Å². The van der Waals surface area contributed by atoms with Gasteiger partial charge in [0.05, 0.1) is 11.5 Å². The van der Waals surface area contributed by atoms with Crippen LogP contribution in [-0.4, -0.2) is 5.11 Å². The van der Waals surface area contributed by atoms with Crippen molar-refractivity contribution in [2.75, 3.05) is 0 Å². The third-order valence-electron chi connectivity index (χ3n) is 4.56. The number of rotatable bonds is 2. The highest BCUT2D eigenvalue weighted by Crippen LogP contribution is 2.50. The smallest absolute Gasteiger partial charge is 0.107 e. The maximum atomic E-state index is 11.1. The predicted molar refractivity (Wildman–Crippen MR) is 84.5 cm³/mol. The van der Waals surface area contributed by atoms with Gasteiger partial charge in [-0.3, -0.25) is 0 Å². The molecule has 108 valence electrons. The Morgan fingerprint density at radius 1 is 1.30 bits per heavy atom. The van der Waals surface area contributed by atoms with Crippen LogP contribution in [0.2, 0.25) is 5.02 Å². The molecule has 0 bridgehead atoms. The number of halogens is 2. The number of aliphatic hydroxyl groups is 1. The van der Waals surface area contributed by atoms with Crippen LogP contribution in [0.3, 0.4) is 0 Å². The standard InChI is InChI=1S/C16H19BrClNO/c1-15(20,13-7-6-12(17)10-14(13)18)16(11-19)8-4-2-3-5-9-16/h6-7,10,20H,2-5,8-9H2,1H3. The number of hydrogen-bond donors (Lipinski definition) is 1. The van der Waals surface area contributed by atoms with Crippen molar-refractivity contribution in [3.8, 4) is 6.07 Å². The van der Waals surface area contributed by atoms with E-state index in [1.807, 2.05) is 12.1 Å². The van der Waals surface area contributed by atoms with Crippen LogP contribution in [0.15, 0.2) is 22.7 Å². The van der Waals surface area contributed by atoms with E-state index in [4.69, 9.17) is 11.6 Å². The van der Waals surface area contributed by atoms with Gasteiger partial charge in [0.1, 0.15) is 5.60 Å². The van der Waals surface area contributed by atoms with Crippen LogP contribution in [0.5, 0.6) is 0 Å². The Hall–Kier alpha value is -0.560. The summed E-state index contributed by atoms with van der Waals surface area (Å²) < 4.78 is 0.869. The monoisotopic (exact) mass is 355 g/mol. The van der Waals surface area contributed by atoms with E-state index in [1.165, 1.54) is 0 Å². The Balaban J connectivity index is 2.48. The molecule has 0 amide bonds. The van der Waals surface area contributed by atoms with Gasteiger partial charge in [-0.15, -0.1) is 0 Å². The Morgan fingerprint density at radius 3 is 2.40 bits per heavy atom. The molecular formula is C16H19BrClNO. The quantitative estimate of drug-likeness (QED) is 0.742. The lowest BCUT2D eigenvalue weighted by Crippen LogP contribution is -2.42. The van der Waals surface area contributed by atoms with E-state index in [9.17, 15) is 10.4 Å². The predicted octanol–water partition coefficient (Wildman–Crippen LogP) is 5.17. The van der Waals surface area contributed by atoms with Crippen LogP contribution in [-0.2, 0) is 5.60 Å². The molecule has 2 nitrogen and oxygen atoms in total. The van der Waals surface area contributed by atoms with Crippen molar-refractivity contribution < 1.29 is 5.11 Å². The molecule has 1 N–H and O–H groups in total. The first-order valence-electron chi connectivity index (χ1n) is 7.02. The number of benzene rings is 1. The molecule has 1 aliphatic rings. The molecule has 20 heavy (non-hydrogen) atoms. The van der Waals surface area contributed by atoms with E-state index in [0.29, 0.717) is 10.6 Å². The van der Waals surface area contributed by atoms with Crippen LogP contribution in [0.25, 0.3) is 0 Å². The van der Waals surface area contributed by atoms with Gasteiger partial charge in [-0.2, -0.15) is 5.26 Å². The van der Waals surface area contributed by atoms with Gasteiger partial charge in [0.15, 0.2) is 0 Å². The van der Waals surface area contributed by atoms with Gasteiger partial charge in [-0.25, -0.2) is 0 Å². The van der Waals surface area contributed by atoms with Crippen LogP contribution >= 0.6 is 27.5 Å². The zero-order chi connectivity index (χ0) is 14.8. The van der Waals surface area contributed by atoms with Crippen LogP contribution in [0, 0.1) is 16.7 Å². The lowest BCUT2D eigenvalue weighted by Gasteiger charge is -2.40. The highest BCUT2D eigenvalue weighted by atomic mass is 79.9. The molecule has 0 saturated heterocycles. The molecule has 0 aromatic heterocycles.